The lowest BCUT2D eigenvalue weighted by Crippen LogP contribution is -2.15. The molecule has 0 heterocycles. The van der Waals surface area contributed by atoms with Gasteiger partial charge in [-0.2, -0.15) is 0 Å². The van der Waals surface area contributed by atoms with Crippen molar-refractivity contribution >= 4 is 5.69 Å². The van der Waals surface area contributed by atoms with Crippen LogP contribution in [0.3, 0.4) is 0 Å². The topological polar surface area (TPSA) is 47.7 Å². The fraction of sp³-hybridized carbons (Fsp3) is 0.571. The molecule has 1 aromatic carbocycles. The Morgan fingerprint density at radius 2 is 1.84 bits per heavy atom. The Kier molecular flexibility index (Phi) is 6.42. The van der Waals surface area contributed by atoms with Crippen LogP contribution in [0.15, 0.2) is 12.1 Å². The summed E-state index contributed by atoms with van der Waals surface area (Å²) in [5.74, 6) is 0.219. The number of hydrogen-bond donors (Lipinski definition) is 1. The van der Waals surface area contributed by atoms with E-state index in [1.807, 2.05) is 21.0 Å². The van der Waals surface area contributed by atoms with E-state index in [1.54, 1.807) is 0 Å². The zero-order valence-corrected chi connectivity index (χ0v) is 11.9. The van der Waals surface area contributed by atoms with Crippen LogP contribution in [0.1, 0.15) is 19.8 Å². The summed E-state index contributed by atoms with van der Waals surface area (Å²) in [6, 6.07) is 2.77. The quantitative estimate of drug-likeness (QED) is 0.582. The Morgan fingerprint density at radius 1 is 1.16 bits per heavy atom. The minimum absolute atomic E-state index is 0.193. The van der Waals surface area contributed by atoms with Gasteiger partial charge in [0.2, 0.25) is 0 Å². The second kappa shape index (κ2) is 7.84. The standard InChI is InChI=1S/C14H23FN2O2/c1-4-7-18-13-10-14(12(16)9-11(13)15)19-8-5-6-17(2)3/h9-10H,4-8,16H2,1-3H3. The van der Waals surface area contributed by atoms with Crippen molar-refractivity contribution in [1.29, 1.82) is 0 Å². The highest BCUT2D eigenvalue weighted by Gasteiger charge is 2.10. The minimum atomic E-state index is -0.452. The molecule has 0 bridgehead atoms. The zero-order valence-electron chi connectivity index (χ0n) is 11.9. The first kappa shape index (κ1) is 15.6. The van der Waals surface area contributed by atoms with E-state index in [9.17, 15) is 4.39 Å². The molecule has 0 aliphatic heterocycles. The number of hydrogen-bond acceptors (Lipinski definition) is 4. The van der Waals surface area contributed by atoms with E-state index in [-0.39, 0.29) is 5.75 Å². The predicted molar refractivity (Wildman–Crippen MR) is 75.3 cm³/mol. The summed E-state index contributed by atoms with van der Waals surface area (Å²) in [4.78, 5) is 2.08. The number of nitrogen functional groups attached to an aromatic ring is 1. The maximum absolute atomic E-state index is 13.6. The first-order valence-electron chi connectivity index (χ1n) is 6.54. The van der Waals surface area contributed by atoms with E-state index in [2.05, 4.69) is 4.90 Å². The van der Waals surface area contributed by atoms with Crippen LogP contribution >= 0.6 is 0 Å². The van der Waals surface area contributed by atoms with Crippen LogP contribution in [-0.2, 0) is 0 Å². The molecule has 1 rings (SSSR count). The van der Waals surface area contributed by atoms with Gasteiger partial charge in [-0.3, -0.25) is 0 Å². The summed E-state index contributed by atoms with van der Waals surface area (Å²) in [7, 11) is 4.01. The molecule has 5 heteroatoms. The third-order valence-corrected chi connectivity index (χ3v) is 2.53. The molecule has 0 radical (unpaired) electrons. The molecular weight excluding hydrogens is 247 g/mol. The van der Waals surface area contributed by atoms with Crippen LogP contribution < -0.4 is 15.2 Å². The number of rotatable bonds is 8. The molecular formula is C14H23FN2O2. The van der Waals surface area contributed by atoms with Crippen LogP contribution in [-0.4, -0.2) is 38.8 Å². The van der Waals surface area contributed by atoms with Crippen LogP contribution in [0.25, 0.3) is 0 Å². The molecule has 0 atom stereocenters. The highest BCUT2D eigenvalue weighted by atomic mass is 19.1. The molecule has 4 nitrogen and oxygen atoms in total. The lowest BCUT2D eigenvalue weighted by atomic mass is 10.2. The lowest BCUT2D eigenvalue weighted by Gasteiger charge is -2.13. The van der Waals surface area contributed by atoms with E-state index >= 15 is 0 Å². The van der Waals surface area contributed by atoms with Crippen molar-refractivity contribution < 1.29 is 13.9 Å². The Morgan fingerprint density at radius 3 is 2.47 bits per heavy atom. The highest BCUT2D eigenvalue weighted by molar-refractivity contribution is 5.56. The summed E-state index contributed by atoms with van der Waals surface area (Å²) in [6.07, 6.45) is 1.71. The van der Waals surface area contributed by atoms with E-state index in [4.69, 9.17) is 15.2 Å². The normalized spacial score (nSPS) is 10.8. The van der Waals surface area contributed by atoms with Crippen molar-refractivity contribution in [3.05, 3.63) is 17.9 Å². The average Bonchev–Trinajstić information content (AvgIpc) is 2.35. The maximum Gasteiger partial charge on any atom is 0.167 e. The van der Waals surface area contributed by atoms with Gasteiger partial charge in [-0.1, -0.05) is 6.92 Å². The van der Waals surface area contributed by atoms with Crippen LogP contribution in [0.5, 0.6) is 11.5 Å². The number of benzene rings is 1. The minimum Gasteiger partial charge on any atom is -0.491 e. The van der Waals surface area contributed by atoms with Crippen molar-refractivity contribution in [3.63, 3.8) is 0 Å². The van der Waals surface area contributed by atoms with E-state index < -0.39 is 5.82 Å². The van der Waals surface area contributed by atoms with Crippen molar-refractivity contribution in [2.24, 2.45) is 0 Å². The number of ether oxygens (including phenoxy) is 2. The van der Waals surface area contributed by atoms with Gasteiger partial charge in [0.1, 0.15) is 5.75 Å². The molecule has 0 spiro atoms. The second-order valence-corrected chi connectivity index (χ2v) is 4.67. The van der Waals surface area contributed by atoms with Gasteiger partial charge in [0.25, 0.3) is 0 Å². The SMILES string of the molecule is CCCOc1cc(OCCCN(C)C)c(N)cc1F. The van der Waals surface area contributed by atoms with E-state index in [1.165, 1.54) is 12.1 Å². The highest BCUT2D eigenvalue weighted by Crippen LogP contribution is 2.30. The molecule has 108 valence electrons. The van der Waals surface area contributed by atoms with Crippen LogP contribution in [0.2, 0.25) is 0 Å². The van der Waals surface area contributed by atoms with Crippen molar-refractivity contribution in [2.75, 3.05) is 39.6 Å². The van der Waals surface area contributed by atoms with Crippen molar-refractivity contribution in [1.82, 2.24) is 4.90 Å². The largest absolute Gasteiger partial charge is 0.491 e. The molecule has 0 unspecified atom stereocenters. The third kappa shape index (κ3) is 5.34. The Labute approximate surface area is 114 Å². The zero-order chi connectivity index (χ0) is 14.3. The fourth-order valence-electron chi connectivity index (χ4n) is 1.56. The molecule has 19 heavy (non-hydrogen) atoms. The third-order valence-electron chi connectivity index (χ3n) is 2.53. The molecule has 0 aromatic heterocycles. The van der Waals surface area contributed by atoms with Gasteiger partial charge >= 0.3 is 0 Å². The van der Waals surface area contributed by atoms with Crippen molar-refractivity contribution in [2.45, 2.75) is 19.8 Å². The molecule has 1 aromatic rings. The summed E-state index contributed by atoms with van der Waals surface area (Å²) < 4.78 is 24.5. The number of nitrogens with zero attached hydrogens (tertiary/aromatic N) is 1. The summed E-state index contributed by atoms with van der Waals surface area (Å²) in [6.45, 7) is 3.91. The summed E-state index contributed by atoms with van der Waals surface area (Å²) >= 11 is 0. The second-order valence-electron chi connectivity index (χ2n) is 4.67. The van der Waals surface area contributed by atoms with Crippen LogP contribution in [0.4, 0.5) is 10.1 Å². The Bertz CT molecular complexity index is 397. The molecule has 0 fully saturated rings. The van der Waals surface area contributed by atoms with Gasteiger partial charge < -0.3 is 20.1 Å². The first-order chi connectivity index (χ1) is 9.04. The van der Waals surface area contributed by atoms with E-state index in [0.717, 1.165) is 19.4 Å². The smallest absolute Gasteiger partial charge is 0.167 e. The monoisotopic (exact) mass is 270 g/mol. The summed E-state index contributed by atoms with van der Waals surface area (Å²) in [5.41, 5.74) is 6.03. The van der Waals surface area contributed by atoms with Crippen LogP contribution in [0, 0.1) is 5.82 Å². The summed E-state index contributed by atoms with van der Waals surface area (Å²) in [5, 5.41) is 0. The molecule has 0 amide bonds. The van der Waals surface area contributed by atoms with Gasteiger partial charge in [0.05, 0.1) is 18.9 Å². The lowest BCUT2D eigenvalue weighted by molar-refractivity contribution is 0.275. The number of halogens is 1. The molecule has 0 saturated heterocycles. The predicted octanol–water partition coefficient (Wildman–Crippen LogP) is 2.53. The Hall–Kier alpha value is -1.49. The van der Waals surface area contributed by atoms with Crippen molar-refractivity contribution in [3.8, 4) is 11.5 Å². The first-order valence-corrected chi connectivity index (χ1v) is 6.54. The molecule has 0 aliphatic carbocycles. The number of nitrogens with two attached hydrogens (primary N) is 1. The molecule has 0 aliphatic rings. The molecule has 0 saturated carbocycles. The van der Waals surface area contributed by atoms with Gasteiger partial charge in [0.15, 0.2) is 11.6 Å². The van der Waals surface area contributed by atoms with Gasteiger partial charge in [-0.15, -0.1) is 0 Å². The molecule has 2 N–H and O–H groups in total. The van der Waals surface area contributed by atoms with Gasteiger partial charge in [-0.05, 0) is 26.9 Å². The van der Waals surface area contributed by atoms with Gasteiger partial charge in [0, 0.05) is 18.7 Å². The maximum atomic E-state index is 13.6. The number of anilines is 1. The van der Waals surface area contributed by atoms with E-state index in [0.29, 0.717) is 24.7 Å². The average molecular weight is 270 g/mol. The van der Waals surface area contributed by atoms with Gasteiger partial charge in [-0.25, -0.2) is 4.39 Å². The fourth-order valence-corrected chi connectivity index (χ4v) is 1.56. The Balaban J connectivity index is 2.61.